The van der Waals surface area contributed by atoms with Gasteiger partial charge in [-0.1, -0.05) is 24.3 Å². The third-order valence-corrected chi connectivity index (χ3v) is 3.44. The summed E-state index contributed by atoms with van der Waals surface area (Å²) in [5.74, 6) is -0.0432. The lowest BCUT2D eigenvalue weighted by Crippen LogP contribution is -2.37. The van der Waals surface area contributed by atoms with Gasteiger partial charge >= 0.3 is 0 Å². The Morgan fingerprint density at radius 2 is 2.26 bits per heavy atom. The van der Waals surface area contributed by atoms with Crippen LogP contribution in [0.3, 0.4) is 0 Å². The maximum absolute atomic E-state index is 11.6. The van der Waals surface area contributed by atoms with Crippen LogP contribution >= 0.6 is 0 Å². The molecule has 0 fully saturated rings. The van der Waals surface area contributed by atoms with Crippen molar-refractivity contribution in [2.75, 3.05) is 13.1 Å². The van der Waals surface area contributed by atoms with E-state index in [9.17, 15) is 4.79 Å². The Labute approximate surface area is 113 Å². The molecule has 0 bridgehead atoms. The molecule has 0 radical (unpaired) electrons. The summed E-state index contributed by atoms with van der Waals surface area (Å²) in [6, 6.07) is 10.7. The van der Waals surface area contributed by atoms with Gasteiger partial charge in [0.15, 0.2) is 0 Å². The van der Waals surface area contributed by atoms with Gasteiger partial charge in [0.1, 0.15) is 0 Å². The molecule has 1 amide bonds. The van der Waals surface area contributed by atoms with E-state index < -0.39 is 0 Å². The average Bonchev–Trinajstić information content (AvgIpc) is 2.45. The van der Waals surface area contributed by atoms with Crippen molar-refractivity contribution < 1.29 is 4.79 Å². The number of carbonyl (C=O) groups excluding carboxylic acids is 1. The topological polar surface area (TPSA) is 64.9 Å². The number of fused-ring (bicyclic) bond motifs is 1. The minimum Gasteiger partial charge on any atom is -0.354 e. The molecule has 1 atom stereocenters. The minimum absolute atomic E-state index is 0.0432. The first-order chi connectivity index (χ1) is 9.31. The van der Waals surface area contributed by atoms with Gasteiger partial charge in [0.2, 0.25) is 5.91 Å². The SMILES string of the molecule is N#CCCNC(=O)CNC1CCCc2ccccc21. The number of aryl methyl sites for hydroxylation is 1. The molecule has 1 aromatic carbocycles. The number of nitriles is 1. The predicted octanol–water partition coefficient (Wildman–Crippen LogP) is 1.68. The molecule has 0 aliphatic heterocycles. The smallest absolute Gasteiger partial charge is 0.234 e. The van der Waals surface area contributed by atoms with Gasteiger partial charge in [0.25, 0.3) is 0 Å². The van der Waals surface area contributed by atoms with Crippen molar-refractivity contribution in [1.29, 1.82) is 5.26 Å². The maximum Gasteiger partial charge on any atom is 0.234 e. The summed E-state index contributed by atoms with van der Waals surface area (Å²) < 4.78 is 0. The summed E-state index contributed by atoms with van der Waals surface area (Å²) in [5.41, 5.74) is 2.70. The highest BCUT2D eigenvalue weighted by atomic mass is 16.1. The number of hydrogen-bond acceptors (Lipinski definition) is 3. The van der Waals surface area contributed by atoms with Gasteiger partial charge in [-0.15, -0.1) is 0 Å². The van der Waals surface area contributed by atoms with Crippen LogP contribution in [0.4, 0.5) is 0 Å². The van der Waals surface area contributed by atoms with Crippen molar-refractivity contribution in [3.63, 3.8) is 0 Å². The standard InChI is InChI=1S/C15H19N3O/c16-9-4-10-17-15(19)11-18-14-8-3-6-12-5-1-2-7-13(12)14/h1-2,5,7,14,18H,3-4,6,8,10-11H2,(H,17,19). The average molecular weight is 257 g/mol. The van der Waals surface area contributed by atoms with E-state index >= 15 is 0 Å². The van der Waals surface area contributed by atoms with Crippen LogP contribution < -0.4 is 10.6 Å². The molecule has 0 saturated carbocycles. The molecule has 4 heteroatoms. The molecule has 1 aromatic rings. The summed E-state index contributed by atoms with van der Waals surface area (Å²) >= 11 is 0. The van der Waals surface area contributed by atoms with Crippen LogP contribution in [-0.4, -0.2) is 19.0 Å². The first-order valence-electron chi connectivity index (χ1n) is 6.76. The summed E-state index contributed by atoms with van der Waals surface area (Å²) in [4.78, 5) is 11.6. The minimum atomic E-state index is -0.0432. The maximum atomic E-state index is 11.6. The molecule has 100 valence electrons. The van der Waals surface area contributed by atoms with Crippen molar-refractivity contribution in [3.05, 3.63) is 35.4 Å². The monoisotopic (exact) mass is 257 g/mol. The van der Waals surface area contributed by atoms with Crippen LogP contribution in [0, 0.1) is 11.3 Å². The van der Waals surface area contributed by atoms with Gasteiger partial charge in [0.05, 0.1) is 19.0 Å². The summed E-state index contributed by atoms with van der Waals surface area (Å²) in [7, 11) is 0. The third-order valence-electron chi connectivity index (χ3n) is 3.44. The highest BCUT2D eigenvalue weighted by molar-refractivity contribution is 5.78. The number of amides is 1. The van der Waals surface area contributed by atoms with Crippen molar-refractivity contribution in [2.24, 2.45) is 0 Å². The molecule has 0 heterocycles. The molecule has 0 spiro atoms. The highest BCUT2D eigenvalue weighted by Gasteiger charge is 2.19. The number of nitrogens with zero attached hydrogens (tertiary/aromatic N) is 1. The number of nitrogens with one attached hydrogen (secondary N) is 2. The van der Waals surface area contributed by atoms with Crippen LogP contribution in [0.5, 0.6) is 0 Å². The lowest BCUT2D eigenvalue weighted by molar-refractivity contribution is -0.120. The molecular formula is C15H19N3O. The normalized spacial score (nSPS) is 17.3. The summed E-state index contributed by atoms with van der Waals surface area (Å²) in [5, 5.41) is 14.4. The fraction of sp³-hybridized carbons (Fsp3) is 0.467. The molecule has 2 N–H and O–H groups in total. The second-order valence-corrected chi connectivity index (χ2v) is 4.78. The first-order valence-corrected chi connectivity index (χ1v) is 6.76. The largest absolute Gasteiger partial charge is 0.354 e. The Balaban J connectivity index is 1.84. The van der Waals surface area contributed by atoms with Gasteiger partial charge in [0, 0.05) is 12.6 Å². The van der Waals surface area contributed by atoms with E-state index in [1.54, 1.807) is 0 Å². The van der Waals surface area contributed by atoms with Crippen molar-refractivity contribution in [3.8, 4) is 6.07 Å². The second-order valence-electron chi connectivity index (χ2n) is 4.78. The van der Waals surface area contributed by atoms with Gasteiger partial charge in [-0.2, -0.15) is 5.26 Å². The Bertz CT molecular complexity index is 479. The molecule has 2 rings (SSSR count). The molecule has 1 aliphatic carbocycles. The molecule has 1 aliphatic rings. The molecular weight excluding hydrogens is 238 g/mol. The molecule has 4 nitrogen and oxygen atoms in total. The Kier molecular flexibility index (Phi) is 4.93. The zero-order valence-corrected chi connectivity index (χ0v) is 11.0. The quantitative estimate of drug-likeness (QED) is 0.789. The molecule has 1 unspecified atom stereocenters. The second kappa shape index (κ2) is 6.91. The van der Waals surface area contributed by atoms with Crippen LogP contribution in [-0.2, 0) is 11.2 Å². The van der Waals surface area contributed by atoms with Crippen LogP contribution in [0.1, 0.15) is 36.4 Å². The third kappa shape index (κ3) is 3.80. The number of carbonyl (C=O) groups is 1. The van der Waals surface area contributed by atoms with E-state index in [2.05, 4.69) is 28.8 Å². The fourth-order valence-electron chi connectivity index (χ4n) is 2.50. The van der Waals surface area contributed by atoms with E-state index in [4.69, 9.17) is 5.26 Å². The van der Waals surface area contributed by atoms with Crippen LogP contribution in [0.25, 0.3) is 0 Å². The first kappa shape index (κ1) is 13.6. The van der Waals surface area contributed by atoms with Gasteiger partial charge < -0.3 is 10.6 Å². The zero-order chi connectivity index (χ0) is 13.5. The molecule has 0 aromatic heterocycles. The number of benzene rings is 1. The lowest BCUT2D eigenvalue weighted by Gasteiger charge is -2.26. The van der Waals surface area contributed by atoms with Crippen molar-refractivity contribution in [1.82, 2.24) is 10.6 Å². The zero-order valence-electron chi connectivity index (χ0n) is 11.0. The summed E-state index contributed by atoms with van der Waals surface area (Å²) in [6.45, 7) is 0.739. The Morgan fingerprint density at radius 3 is 3.11 bits per heavy atom. The van der Waals surface area contributed by atoms with Crippen LogP contribution in [0.2, 0.25) is 0 Å². The van der Waals surface area contributed by atoms with Crippen molar-refractivity contribution >= 4 is 5.91 Å². The van der Waals surface area contributed by atoms with Gasteiger partial charge in [-0.05, 0) is 30.4 Å². The predicted molar refractivity (Wildman–Crippen MR) is 73.4 cm³/mol. The molecule has 19 heavy (non-hydrogen) atoms. The van der Waals surface area contributed by atoms with E-state index in [0.717, 1.165) is 19.3 Å². The fourth-order valence-corrected chi connectivity index (χ4v) is 2.50. The number of hydrogen-bond donors (Lipinski definition) is 2. The Hall–Kier alpha value is -1.86. The lowest BCUT2D eigenvalue weighted by atomic mass is 9.88. The Morgan fingerprint density at radius 1 is 1.42 bits per heavy atom. The van der Waals surface area contributed by atoms with Gasteiger partial charge in [-0.3, -0.25) is 4.79 Å². The van der Waals surface area contributed by atoms with Crippen molar-refractivity contribution in [2.45, 2.75) is 31.7 Å². The summed E-state index contributed by atoms with van der Waals surface area (Å²) in [6.07, 6.45) is 3.72. The van der Waals surface area contributed by atoms with E-state index in [-0.39, 0.29) is 11.9 Å². The molecule has 0 saturated heterocycles. The number of rotatable bonds is 5. The van der Waals surface area contributed by atoms with Gasteiger partial charge in [-0.25, -0.2) is 0 Å². The van der Waals surface area contributed by atoms with E-state index in [1.165, 1.54) is 11.1 Å². The van der Waals surface area contributed by atoms with E-state index in [1.807, 2.05) is 12.1 Å². The van der Waals surface area contributed by atoms with E-state index in [0.29, 0.717) is 19.5 Å². The highest BCUT2D eigenvalue weighted by Crippen LogP contribution is 2.29. The van der Waals surface area contributed by atoms with Crippen LogP contribution in [0.15, 0.2) is 24.3 Å².